The monoisotopic (exact) mass is 390 g/mol. The van der Waals surface area contributed by atoms with Gasteiger partial charge in [0.2, 0.25) is 5.91 Å². The Morgan fingerprint density at radius 3 is 2.74 bits per heavy atom. The summed E-state index contributed by atoms with van der Waals surface area (Å²) in [7, 11) is 0. The lowest BCUT2D eigenvalue weighted by atomic mass is 9.98. The molecule has 0 radical (unpaired) electrons. The second-order valence-electron chi connectivity index (χ2n) is 6.58. The SMILES string of the molecule is CC(=O)NCCc1csc(C2CCN(C(=O)Nc3ccccc3F)CC2)n1. The number of nitrogens with one attached hydrogen (secondary N) is 2. The Bertz CT molecular complexity index is 803. The highest BCUT2D eigenvalue weighted by Crippen LogP contribution is 2.30. The van der Waals surface area contributed by atoms with Gasteiger partial charge in [0, 0.05) is 44.3 Å². The maximum absolute atomic E-state index is 13.7. The zero-order chi connectivity index (χ0) is 19.2. The lowest BCUT2D eigenvalue weighted by Crippen LogP contribution is -2.40. The van der Waals surface area contributed by atoms with Crippen molar-refractivity contribution >= 4 is 29.0 Å². The van der Waals surface area contributed by atoms with Crippen molar-refractivity contribution in [1.29, 1.82) is 0 Å². The van der Waals surface area contributed by atoms with Crippen molar-refractivity contribution in [3.63, 3.8) is 0 Å². The lowest BCUT2D eigenvalue weighted by molar-refractivity contribution is -0.118. The van der Waals surface area contributed by atoms with Gasteiger partial charge in [0.1, 0.15) is 5.82 Å². The number of nitrogens with zero attached hydrogens (tertiary/aromatic N) is 2. The van der Waals surface area contributed by atoms with E-state index >= 15 is 0 Å². The van der Waals surface area contributed by atoms with Gasteiger partial charge < -0.3 is 15.5 Å². The molecule has 6 nitrogen and oxygen atoms in total. The fourth-order valence-corrected chi connectivity index (χ4v) is 4.10. The van der Waals surface area contributed by atoms with Crippen LogP contribution in [-0.2, 0) is 11.2 Å². The van der Waals surface area contributed by atoms with E-state index in [4.69, 9.17) is 0 Å². The van der Waals surface area contributed by atoms with Crippen LogP contribution in [0, 0.1) is 5.82 Å². The molecule has 1 saturated heterocycles. The van der Waals surface area contributed by atoms with Crippen LogP contribution in [0.3, 0.4) is 0 Å². The molecule has 0 atom stereocenters. The third-order valence-electron chi connectivity index (χ3n) is 4.57. The number of carbonyl (C=O) groups is 2. The number of hydrogen-bond acceptors (Lipinski definition) is 4. The topological polar surface area (TPSA) is 74.3 Å². The Hall–Kier alpha value is -2.48. The molecule has 1 aliphatic rings. The summed E-state index contributed by atoms with van der Waals surface area (Å²) in [5, 5.41) is 8.53. The molecule has 2 heterocycles. The van der Waals surface area contributed by atoms with Crippen LogP contribution in [-0.4, -0.2) is 41.5 Å². The van der Waals surface area contributed by atoms with Gasteiger partial charge in [-0.05, 0) is 25.0 Å². The third-order valence-corrected chi connectivity index (χ3v) is 5.63. The zero-order valence-electron chi connectivity index (χ0n) is 15.2. The Kier molecular flexibility index (Phi) is 6.39. The molecule has 27 heavy (non-hydrogen) atoms. The number of rotatable bonds is 5. The highest BCUT2D eigenvalue weighted by Gasteiger charge is 2.26. The molecule has 8 heteroatoms. The second-order valence-corrected chi connectivity index (χ2v) is 7.47. The van der Waals surface area contributed by atoms with Crippen LogP contribution in [0.2, 0.25) is 0 Å². The second kappa shape index (κ2) is 8.94. The van der Waals surface area contributed by atoms with Gasteiger partial charge in [0.05, 0.1) is 16.4 Å². The number of urea groups is 1. The van der Waals surface area contributed by atoms with E-state index in [2.05, 4.69) is 15.6 Å². The Morgan fingerprint density at radius 1 is 1.30 bits per heavy atom. The first kappa shape index (κ1) is 19.3. The first-order valence-electron chi connectivity index (χ1n) is 9.02. The van der Waals surface area contributed by atoms with E-state index in [-0.39, 0.29) is 17.6 Å². The molecule has 0 bridgehead atoms. The number of amides is 3. The van der Waals surface area contributed by atoms with E-state index in [1.54, 1.807) is 34.4 Å². The van der Waals surface area contributed by atoms with Gasteiger partial charge in [-0.25, -0.2) is 14.2 Å². The number of anilines is 1. The van der Waals surface area contributed by atoms with E-state index in [1.807, 2.05) is 5.38 Å². The number of thiazole rings is 1. The van der Waals surface area contributed by atoms with Crippen molar-refractivity contribution < 1.29 is 14.0 Å². The van der Waals surface area contributed by atoms with Crippen LogP contribution in [0.4, 0.5) is 14.9 Å². The van der Waals surface area contributed by atoms with Gasteiger partial charge in [-0.15, -0.1) is 11.3 Å². The highest BCUT2D eigenvalue weighted by molar-refractivity contribution is 7.09. The van der Waals surface area contributed by atoms with Crippen molar-refractivity contribution in [3.8, 4) is 0 Å². The largest absolute Gasteiger partial charge is 0.356 e. The van der Waals surface area contributed by atoms with Crippen molar-refractivity contribution in [3.05, 3.63) is 46.2 Å². The van der Waals surface area contributed by atoms with Gasteiger partial charge in [-0.2, -0.15) is 0 Å². The molecular formula is C19H23FN4O2S. The van der Waals surface area contributed by atoms with Gasteiger partial charge >= 0.3 is 6.03 Å². The summed E-state index contributed by atoms with van der Waals surface area (Å²) >= 11 is 1.64. The molecule has 3 rings (SSSR count). The Balaban J connectivity index is 1.48. The summed E-state index contributed by atoms with van der Waals surface area (Å²) in [6.07, 6.45) is 2.40. The normalized spacial score (nSPS) is 14.8. The third kappa shape index (κ3) is 5.26. The highest BCUT2D eigenvalue weighted by atomic mass is 32.1. The van der Waals surface area contributed by atoms with Crippen molar-refractivity contribution in [2.45, 2.75) is 32.1 Å². The Morgan fingerprint density at radius 2 is 2.04 bits per heavy atom. The lowest BCUT2D eigenvalue weighted by Gasteiger charge is -2.31. The fourth-order valence-electron chi connectivity index (χ4n) is 3.08. The Labute approximate surface area is 161 Å². The minimum atomic E-state index is -0.435. The molecule has 144 valence electrons. The summed E-state index contributed by atoms with van der Waals surface area (Å²) in [5.74, 6) is -0.135. The number of hydrogen-bond donors (Lipinski definition) is 2. The van der Waals surface area contributed by atoms with E-state index in [1.165, 1.54) is 13.0 Å². The zero-order valence-corrected chi connectivity index (χ0v) is 16.0. The number of halogens is 1. The molecular weight excluding hydrogens is 367 g/mol. The molecule has 1 aromatic heterocycles. The van der Waals surface area contributed by atoms with Crippen LogP contribution < -0.4 is 10.6 Å². The van der Waals surface area contributed by atoms with Crippen LogP contribution in [0.1, 0.15) is 36.4 Å². The molecule has 2 aromatic rings. The van der Waals surface area contributed by atoms with Gasteiger partial charge in [0.25, 0.3) is 0 Å². The summed E-state index contributed by atoms with van der Waals surface area (Å²) in [6.45, 7) is 3.33. The van der Waals surface area contributed by atoms with E-state index in [9.17, 15) is 14.0 Å². The molecule has 1 aromatic carbocycles. The van der Waals surface area contributed by atoms with Crippen molar-refractivity contribution in [2.75, 3.05) is 25.0 Å². The summed E-state index contributed by atoms with van der Waals surface area (Å²) < 4.78 is 13.7. The maximum Gasteiger partial charge on any atom is 0.321 e. The molecule has 0 unspecified atom stereocenters. The van der Waals surface area contributed by atoms with E-state index < -0.39 is 5.82 Å². The predicted molar refractivity (Wildman–Crippen MR) is 103 cm³/mol. The molecule has 0 aliphatic carbocycles. The summed E-state index contributed by atoms with van der Waals surface area (Å²) in [6, 6.07) is 5.89. The van der Waals surface area contributed by atoms with Gasteiger partial charge in [-0.1, -0.05) is 12.1 Å². The fraction of sp³-hybridized carbons (Fsp3) is 0.421. The minimum absolute atomic E-state index is 0.0357. The van der Waals surface area contributed by atoms with Crippen LogP contribution in [0.5, 0.6) is 0 Å². The minimum Gasteiger partial charge on any atom is -0.356 e. The summed E-state index contributed by atoms with van der Waals surface area (Å²) in [4.78, 5) is 29.7. The van der Waals surface area contributed by atoms with Crippen LogP contribution in [0.25, 0.3) is 0 Å². The molecule has 1 aliphatic heterocycles. The number of piperidine rings is 1. The number of benzene rings is 1. The van der Waals surface area contributed by atoms with E-state index in [0.29, 0.717) is 25.6 Å². The first-order chi connectivity index (χ1) is 13.0. The quantitative estimate of drug-likeness (QED) is 0.822. The average Bonchev–Trinajstić information content (AvgIpc) is 3.12. The molecule has 0 spiro atoms. The van der Waals surface area contributed by atoms with Gasteiger partial charge in [-0.3, -0.25) is 4.79 Å². The first-order valence-corrected chi connectivity index (χ1v) is 9.90. The maximum atomic E-state index is 13.7. The van der Waals surface area contributed by atoms with E-state index in [0.717, 1.165) is 30.0 Å². The average molecular weight is 390 g/mol. The molecule has 2 N–H and O–H groups in total. The predicted octanol–water partition coefficient (Wildman–Crippen LogP) is 3.37. The standard InChI is InChI=1S/C19H23FN4O2S/c1-13(25)21-9-6-15-12-27-18(22-15)14-7-10-24(11-8-14)19(26)23-17-5-3-2-4-16(17)20/h2-5,12,14H,6-11H2,1H3,(H,21,25)(H,23,26). The number of carbonyl (C=O) groups excluding carboxylic acids is 2. The molecule has 3 amide bonds. The molecule has 1 fully saturated rings. The van der Waals surface area contributed by atoms with Crippen molar-refractivity contribution in [2.24, 2.45) is 0 Å². The number of aromatic nitrogens is 1. The smallest absolute Gasteiger partial charge is 0.321 e. The van der Waals surface area contributed by atoms with Crippen molar-refractivity contribution in [1.82, 2.24) is 15.2 Å². The van der Waals surface area contributed by atoms with Crippen LogP contribution in [0.15, 0.2) is 29.6 Å². The van der Waals surface area contributed by atoms with Crippen LogP contribution >= 0.6 is 11.3 Å². The molecule has 0 saturated carbocycles. The summed E-state index contributed by atoms with van der Waals surface area (Å²) in [5.41, 5.74) is 1.19. The van der Waals surface area contributed by atoms with Gasteiger partial charge in [0.15, 0.2) is 0 Å². The number of para-hydroxylation sites is 1. The number of likely N-dealkylation sites (tertiary alicyclic amines) is 1.